The van der Waals surface area contributed by atoms with Gasteiger partial charge in [-0.25, -0.2) is 4.79 Å². The van der Waals surface area contributed by atoms with Gasteiger partial charge in [0, 0.05) is 70.5 Å². The maximum absolute atomic E-state index is 12.4. The van der Waals surface area contributed by atoms with Gasteiger partial charge in [-0.3, -0.25) is 5.10 Å². The number of amides is 1. The molecule has 2 aliphatic rings. The zero-order valence-corrected chi connectivity index (χ0v) is 20.9. The number of benzene rings is 1. The number of H-pyrrole nitrogens is 1. The molecule has 1 aliphatic heterocycles. The van der Waals surface area contributed by atoms with Gasteiger partial charge in [-0.05, 0) is 51.7 Å². The van der Waals surface area contributed by atoms with Crippen LogP contribution in [0.1, 0.15) is 60.4 Å². The second kappa shape index (κ2) is 8.58. The number of nitrogens with one attached hydrogen (secondary N) is 3. The summed E-state index contributed by atoms with van der Waals surface area (Å²) >= 11 is 1.90. The zero-order chi connectivity index (χ0) is 24.0. The Hall–Kier alpha value is -3.13. The molecule has 178 valence electrons. The van der Waals surface area contributed by atoms with E-state index in [0.29, 0.717) is 5.92 Å². The van der Waals surface area contributed by atoms with Crippen LogP contribution in [0.4, 0.5) is 10.5 Å². The minimum atomic E-state index is -0.458. The van der Waals surface area contributed by atoms with Crippen LogP contribution < -0.4 is 5.32 Å². The first-order chi connectivity index (χ1) is 16.3. The van der Waals surface area contributed by atoms with Gasteiger partial charge in [-0.1, -0.05) is 12.1 Å². The molecule has 1 aromatic carbocycles. The lowest BCUT2D eigenvalue weighted by Gasteiger charge is -2.33. The van der Waals surface area contributed by atoms with Gasteiger partial charge in [0.2, 0.25) is 0 Å². The summed E-state index contributed by atoms with van der Waals surface area (Å²) < 4.78 is 5.54. The molecule has 3 heterocycles. The van der Waals surface area contributed by atoms with Crippen molar-refractivity contribution in [1.82, 2.24) is 15.1 Å². The van der Waals surface area contributed by atoms with Gasteiger partial charge in [-0.2, -0.15) is 5.10 Å². The van der Waals surface area contributed by atoms with E-state index in [1.54, 1.807) is 0 Å². The summed E-state index contributed by atoms with van der Waals surface area (Å²) in [7, 11) is 1.87. The number of aromatic nitrogens is 2. The third-order valence-corrected chi connectivity index (χ3v) is 7.90. The maximum Gasteiger partial charge on any atom is 0.410 e. The van der Waals surface area contributed by atoms with Gasteiger partial charge >= 0.3 is 6.09 Å². The van der Waals surface area contributed by atoms with E-state index in [-0.39, 0.29) is 6.09 Å². The number of rotatable bonds is 4. The van der Waals surface area contributed by atoms with E-state index in [9.17, 15) is 4.79 Å². The average molecular weight is 478 g/mol. The predicted molar refractivity (Wildman–Crippen MR) is 137 cm³/mol. The summed E-state index contributed by atoms with van der Waals surface area (Å²) in [5, 5.41) is 18.7. The summed E-state index contributed by atoms with van der Waals surface area (Å²) in [5.41, 5.74) is 7.01. The fourth-order valence-corrected chi connectivity index (χ4v) is 6.22. The maximum atomic E-state index is 12.4. The highest BCUT2D eigenvalue weighted by molar-refractivity contribution is 7.12. The molecule has 3 aromatic rings. The predicted octanol–water partition coefficient (Wildman–Crippen LogP) is 5.86. The van der Waals surface area contributed by atoms with Gasteiger partial charge in [0.05, 0.1) is 11.4 Å². The topological polar surface area (TPSA) is 94.1 Å². The molecule has 7 nitrogen and oxygen atoms in total. The Morgan fingerprint density at radius 3 is 2.74 bits per heavy atom. The van der Waals surface area contributed by atoms with E-state index in [0.717, 1.165) is 60.6 Å². The van der Waals surface area contributed by atoms with Crippen molar-refractivity contribution in [2.75, 3.05) is 25.5 Å². The van der Waals surface area contributed by atoms with Crippen LogP contribution in [0, 0.1) is 5.41 Å². The van der Waals surface area contributed by atoms with E-state index in [1.165, 1.54) is 27.1 Å². The third-order valence-electron chi connectivity index (χ3n) is 6.60. The lowest BCUT2D eigenvalue weighted by molar-refractivity contribution is 0.0205. The SMILES string of the molecule is CNc1cc(-c2n[nH]c3c2Cc2sc(C4CCN(C(=O)OC(C)(C)C)CC4)cc2-3)ccc1C=N. The van der Waals surface area contributed by atoms with E-state index in [2.05, 4.69) is 27.6 Å². The second-order valence-electron chi connectivity index (χ2n) is 10.0. The van der Waals surface area contributed by atoms with Crippen molar-refractivity contribution in [3.8, 4) is 22.5 Å². The van der Waals surface area contributed by atoms with E-state index in [4.69, 9.17) is 10.1 Å². The molecule has 1 amide bonds. The highest BCUT2D eigenvalue weighted by Crippen LogP contribution is 2.47. The smallest absolute Gasteiger partial charge is 0.410 e. The Morgan fingerprint density at radius 1 is 1.29 bits per heavy atom. The molecule has 0 bridgehead atoms. The zero-order valence-electron chi connectivity index (χ0n) is 20.1. The van der Waals surface area contributed by atoms with Crippen molar-refractivity contribution in [2.45, 2.75) is 51.6 Å². The molecule has 0 spiro atoms. The lowest BCUT2D eigenvalue weighted by Crippen LogP contribution is -2.41. The van der Waals surface area contributed by atoms with Gasteiger partial charge in [0.1, 0.15) is 5.60 Å². The van der Waals surface area contributed by atoms with Crippen LogP contribution in [0.2, 0.25) is 0 Å². The molecule has 1 fully saturated rings. The molecular formula is C26H31N5O2S. The van der Waals surface area contributed by atoms with Crippen LogP contribution in [-0.4, -0.2) is 53.1 Å². The Balaban J connectivity index is 1.31. The van der Waals surface area contributed by atoms with Crippen molar-refractivity contribution < 1.29 is 9.53 Å². The van der Waals surface area contributed by atoms with Crippen LogP contribution in [-0.2, 0) is 11.2 Å². The van der Waals surface area contributed by atoms with E-state index >= 15 is 0 Å². The number of thiophene rings is 1. The summed E-state index contributed by atoms with van der Waals surface area (Å²) in [6, 6.07) is 8.39. The van der Waals surface area contributed by atoms with Crippen molar-refractivity contribution in [2.24, 2.45) is 0 Å². The van der Waals surface area contributed by atoms with Crippen LogP contribution in [0.5, 0.6) is 0 Å². The first-order valence-corrected chi connectivity index (χ1v) is 12.6. The van der Waals surface area contributed by atoms with Crippen molar-refractivity contribution in [3.05, 3.63) is 45.1 Å². The highest BCUT2D eigenvalue weighted by Gasteiger charge is 2.32. The van der Waals surface area contributed by atoms with E-state index < -0.39 is 5.60 Å². The number of anilines is 1. The molecule has 1 saturated heterocycles. The number of ether oxygens (including phenoxy) is 1. The molecule has 0 unspecified atom stereocenters. The number of hydrogen-bond acceptors (Lipinski definition) is 6. The third kappa shape index (κ3) is 4.11. The summed E-state index contributed by atoms with van der Waals surface area (Å²) in [6.07, 6.45) is 3.97. The van der Waals surface area contributed by atoms with E-state index in [1.807, 2.05) is 56.2 Å². The molecule has 0 radical (unpaired) electrons. The molecular weight excluding hydrogens is 446 g/mol. The standard InChI is InChI=1S/C26H31N5O2S/c1-26(2,3)33-25(32)31-9-7-15(8-10-31)21-12-18-22(34-21)13-19-23(29-30-24(18)19)16-5-6-17(14-27)20(11-16)28-4/h5-6,11-12,14-15,27-28H,7-10,13H2,1-4H3,(H,29,30). The quantitative estimate of drug-likeness (QED) is 0.321. The largest absolute Gasteiger partial charge is 0.444 e. The second-order valence-corrected chi connectivity index (χ2v) is 11.2. The molecule has 0 saturated carbocycles. The minimum absolute atomic E-state index is 0.204. The van der Waals surface area contributed by atoms with Crippen molar-refractivity contribution in [1.29, 1.82) is 5.41 Å². The van der Waals surface area contributed by atoms with Gasteiger partial charge in [0.25, 0.3) is 0 Å². The molecule has 0 atom stereocenters. The number of hydrogen-bond donors (Lipinski definition) is 3. The molecule has 34 heavy (non-hydrogen) atoms. The fourth-order valence-electron chi connectivity index (χ4n) is 4.87. The highest BCUT2D eigenvalue weighted by atomic mass is 32.1. The van der Waals surface area contributed by atoms with Gasteiger partial charge in [0.15, 0.2) is 0 Å². The average Bonchev–Trinajstić information content (AvgIpc) is 3.49. The Bertz CT molecular complexity index is 1240. The fraction of sp³-hybridized carbons (Fsp3) is 0.423. The number of piperidine rings is 1. The lowest BCUT2D eigenvalue weighted by atomic mass is 9.95. The number of carbonyl (C=O) groups excluding carboxylic acids is 1. The normalized spacial score (nSPS) is 15.7. The number of carbonyl (C=O) groups is 1. The van der Waals surface area contributed by atoms with Crippen LogP contribution in [0.25, 0.3) is 22.5 Å². The van der Waals surface area contributed by atoms with Crippen LogP contribution in [0.15, 0.2) is 24.3 Å². The molecule has 5 rings (SSSR count). The molecule has 3 N–H and O–H groups in total. The monoisotopic (exact) mass is 477 g/mol. The molecule has 1 aliphatic carbocycles. The van der Waals surface area contributed by atoms with Gasteiger partial charge < -0.3 is 20.4 Å². The van der Waals surface area contributed by atoms with Crippen molar-refractivity contribution in [3.63, 3.8) is 0 Å². The van der Waals surface area contributed by atoms with Crippen LogP contribution in [0.3, 0.4) is 0 Å². The summed E-state index contributed by atoms with van der Waals surface area (Å²) in [6.45, 7) is 7.20. The number of fused-ring (bicyclic) bond motifs is 3. The minimum Gasteiger partial charge on any atom is -0.444 e. The Labute approximate surface area is 204 Å². The number of aromatic amines is 1. The number of likely N-dealkylation sites (tertiary alicyclic amines) is 1. The summed E-state index contributed by atoms with van der Waals surface area (Å²) in [4.78, 5) is 17.0. The summed E-state index contributed by atoms with van der Waals surface area (Å²) in [5.74, 6) is 0.479. The Morgan fingerprint density at radius 2 is 2.06 bits per heavy atom. The molecule has 2 aromatic heterocycles. The number of nitrogens with zero attached hydrogens (tertiary/aromatic N) is 2. The first-order valence-electron chi connectivity index (χ1n) is 11.8. The Kier molecular flexibility index (Phi) is 5.72. The molecule has 8 heteroatoms. The van der Waals surface area contributed by atoms with Crippen LogP contribution >= 0.6 is 11.3 Å². The van der Waals surface area contributed by atoms with Gasteiger partial charge in [-0.15, -0.1) is 11.3 Å². The van der Waals surface area contributed by atoms with Crippen molar-refractivity contribution >= 4 is 29.3 Å². The first kappa shape index (κ1) is 22.7.